The summed E-state index contributed by atoms with van der Waals surface area (Å²) in [5.41, 5.74) is 0. The topological polar surface area (TPSA) is 20.3 Å². The van der Waals surface area contributed by atoms with Crippen LogP contribution in [0.3, 0.4) is 0 Å². The molecule has 0 aromatic carbocycles. The van der Waals surface area contributed by atoms with E-state index in [0.29, 0.717) is 36.7 Å². The van der Waals surface area contributed by atoms with Crippen LogP contribution in [0.4, 0.5) is 13.2 Å². The number of hydrogen-bond donors (Lipinski definition) is 0. The lowest BCUT2D eigenvalue weighted by Crippen LogP contribution is -2.47. The summed E-state index contributed by atoms with van der Waals surface area (Å²) in [4.78, 5) is 14.6. The maximum absolute atomic E-state index is 13.1. The van der Waals surface area contributed by atoms with Crippen LogP contribution in [0.5, 0.6) is 0 Å². The predicted octanol–water partition coefficient (Wildman–Crippen LogP) is 4.38. The molecule has 6 heteroatoms. The number of carbonyl (C=O) groups is 1. The van der Waals surface area contributed by atoms with Crippen molar-refractivity contribution in [1.82, 2.24) is 4.90 Å². The predicted molar refractivity (Wildman–Crippen MR) is 79.2 cm³/mol. The molecule has 3 unspecified atom stereocenters. The SMILES string of the molecule is CC(Br)C1CCN(C(=O)C2CCCCC2C(F)(F)F)CC1. The van der Waals surface area contributed by atoms with Gasteiger partial charge < -0.3 is 4.90 Å². The van der Waals surface area contributed by atoms with Crippen LogP contribution in [0.2, 0.25) is 0 Å². The van der Waals surface area contributed by atoms with Crippen molar-refractivity contribution in [2.75, 3.05) is 13.1 Å². The third kappa shape index (κ3) is 4.14. The van der Waals surface area contributed by atoms with E-state index in [-0.39, 0.29) is 12.3 Å². The van der Waals surface area contributed by atoms with E-state index in [1.807, 2.05) is 0 Å². The monoisotopic (exact) mass is 369 g/mol. The van der Waals surface area contributed by atoms with Gasteiger partial charge in [-0.15, -0.1) is 0 Å². The lowest BCUT2D eigenvalue weighted by atomic mass is 9.77. The zero-order valence-electron chi connectivity index (χ0n) is 12.3. The second-order valence-electron chi connectivity index (χ2n) is 6.38. The van der Waals surface area contributed by atoms with Gasteiger partial charge in [0.1, 0.15) is 0 Å². The second-order valence-corrected chi connectivity index (χ2v) is 7.82. The Morgan fingerprint density at radius 2 is 1.71 bits per heavy atom. The molecule has 2 fully saturated rings. The molecule has 2 nitrogen and oxygen atoms in total. The molecule has 21 heavy (non-hydrogen) atoms. The van der Waals surface area contributed by atoms with Crippen molar-refractivity contribution in [3.8, 4) is 0 Å². The maximum atomic E-state index is 13.1. The third-order valence-corrected chi connectivity index (χ3v) is 5.75. The number of nitrogens with zero attached hydrogens (tertiary/aromatic N) is 1. The van der Waals surface area contributed by atoms with Crippen LogP contribution in [0, 0.1) is 17.8 Å². The molecule has 1 aliphatic carbocycles. The fourth-order valence-electron chi connectivity index (χ4n) is 3.63. The van der Waals surface area contributed by atoms with E-state index in [9.17, 15) is 18.0 Å². The smallest absolute Gasteiger partial charge is 0.342 e. The van der Waals surface area contributed by atoms with Crippen LogP contribution in [0.15, 0.2) is 0 Å². The number of likely N-dealkylation sites (tertiary alicyclic amines) is 1. The largest absolute Gasteiger partial charge is 0.392 e. The Morgan fingerprint density at radius 1 is 1.14 bits per heavy atom. The van der Waals surface area contributed by atoms with E-state index in [1.165, 1.54) is 0 Å². The molecule has 1 saturated carbocycles. The summed E-state index contributed by atoms with van der Waals surface area (Å²) in [5, 5.41) is 0. The molecule has 3 atom stereocenters. The van der Waals surface area contributed by atoms with E-state index >= 15 is 0 Å². The Hall–Kier alpha value is -0.260. The summed E-state index contributed by atoms with van der Waals surface area (Å²) in [6, 6.07) is 0. The lowest BCUT2D eigenvalue weighted by molar-refractivity contribution is -0.201. The standard InChI is InChI=1S/C15H23BrF3NO/c1-10(16)11-6-8-20(9-7-11)14(21)12-4-2-3-5-13(12)15(17,18)19/h10-13H,2-9H2,1H3. The van der Waals surface area contributed by atoms with Crippen LogP contribution in [0.1, 0.15) is 45.4 Å². The molecule has 0 bridgehead atoms. The lowest BCUT2D eigenvalue weighted by Gasteiger charge is -2.39. The molecular formula is C15H23BrF3NO. The fraction of sp³-hybridized carbons (Fsp3) is 0.933. The van der Waals surface area contributed by atoms with Gasteiger partial charge in [0.15, 0.2) is 0 Å². The van der Waals surface area contributed by atoms with Crippen molar-refractivity contribution < 1.29 is 18.0 Å². The molecule has 2 rings (SSSR count). The van der Waals surface area contributed by atoms with Crippen molar-refractivity contribution in [1.29, 1.82) is 0 Å². The van der Waals surface area contributed by atoms with Gasteiger partial charge in [-0.1, -0.05) is 35.7 Å². The van der Waals surface area contributed by atoms with E-state index in [0.717, 1.165) is 19.3 Å². The zero-order valence-corrected chi connectivity index (χ0v) is 13.9. The minimum absolute atomic E-state index is 0.106. The average molecular weight is 370 g/mol. The first-order chi connectivity index (χ1) is 9.80. The van der Waals surface area contributed by atoms with Gasteiger partial charge in [0.05, 0.1) is 5.92 Å². The summed E-state index contributed by atoms with van der Waals surface area (Å²) in [6.45, 7) is 3.28. The van der Waals surface area contributed by atoms with E-state index in [4.69, 9.17) is 0 Å². The summed E-state index contributed by atoms with van der Waals surface area (Å²) >= 11 is 3.55. The van der Waals surface area contributed by atoms with Gasteiger partial charge in [0.25, 0.3) is 0 Å². The van der Waals surface area contributed by atoms with Gasteiger partial charge in [0.2, 0.25) is 5.91 Å². The van der Waals surface area contributed by atoms with Crippen molar-refractivity contribution in [2.24, 2.45) is 17.8 Å². The molecule has 0 aromatic heterocycles. The Bertz CT molecular complexity index is 364. The Morgan fingerprint density at radius 3 is 2.24 bits per heavy atom. The highest BCUT2D eigenvalue weighted by molar-refractivity contribution is 9.09. The number of hydrogen-bond acceptors (Lipinski definition) is 1. The normalized spacial score (nSPS) is 30.2. The van der Waals surface area contributed by atoms with Crippen molar-refractivity contribution in [3.05, 3.63) is 0 Å². The van der Waals surface area contributed by atoms with Gasteiger partial charge in [-0.05, 0) is 31.6 Å². The van der Waals surface area contributed by atoms with E-state index in [2.05, 4.69) is 22.9 Å². The summed E-state index contributed by atoms with van der Waals surface area (Å²) in [5.74, 6) is -2.04. The minimum atomic E-state index is -4.25. The number of piperidine rings is 1. The molecule has 0 radical (unpaired) electrons. The first-order valence-electron chi connectivity index (χ1n) is 7.80. The average Bonchev–Trinajstić information content (AvgIpc) is 2.45. The fourth-order valence-corrected chi connectivity index (χ4v) is 4.16. The minimum Gasteiger partial charge on any atom is -0.342 e. The van der Waals surface area contributed by atoms with Crippen molar-refractivity contribution >= 4 is 21.8 Å². The highest BCUT2D eigenvalue weighted by Crippen LogP contribution is 2.42. The summed E-state index contributed by atoms with van der Waals surface area (Å²) < 4.78 is 39.3. The maximum Gasteiger partial charge on any atom is 0.392 e. The van der Waals surface area contributed by atoms with Gasteiger partial charge in [0, 0.05) is 23.8 Å². The number of rotatable bonds is 2. The first-order valence-corrected chi connectivity index (χ1v) is 8.72. The van der Waals surface area contributed by atoms with Crippen molar-refractivity contribution in [3.63, 3.8) is 0 Å². The number of amides is 1. The van der Waals surface area contributed by atoms with Gasteiger partial charge >= 0.3 is 6.18 Å². The molecule has 1 saturated heterocycles. The van der Waals surface area contributed by atoms with Crippen LogP contribution >= 0.6 is 15.9 Å². The van der Waals surface area contributed by atoms with Crippen LogP contribution in [0.25, 0.3) is 0 Å². The summed E-state index contributed by atoms with van der Waals surface area (Å²) in [6.07, 6.45) is -0.686. The third-order valence-electron chi connectivity index (χ3n) is 5.00. The second kappa shape index (κ2) is 6.88. The number of carbonyl (C=O) groups excluding carboxylic acids is 1. The molecule has 0 N–H and O–H groups in total. The van der Waals surface area contributed by atoms with Gasteiger partial charge in [-0.3, -0.25) is 4.79 Å². The van der Waals surface area contributed by atoms with Crippen LogP contribution in [-0.2, 0) is 4.79 Å². The van der Waals surface area contributed by atoms with E-state index < -0.39 is 18.0 Å². The molecular weight excluding hydrogens is 347 g/mol. The molecule has 1 aliphatic heterocycles. The van der Waals surface area contributed by atoms with Gasteiger partial charge in [-0.2, -0.15) is 13.2 Å². The molecule has 0 spiro atoms. The highest BCUT2D eigenvalue weighted by atomic mass is 79.9. The zero-order chi connectivity index (χ0) is 15.6. The molecule has 1 heterocycles. The van der Waals surface area contributed by atoms with Gasteiger partial charge in [-0.25, -0.2) is 0 Å². The van der Waals surface area contributed by atoms with Crippen LogP contribution in [-0.4, -0.2) is 34.9 Å². The van der Waals surface area contributed by atoms with E-state index in [1.54, 1.807) is 4.90 Å². The Balaban J connectivity index is 1.98. The highest BCUT2D eigenvalue weighted by Gasteiger charge is 2.49. The number of alkyl halides is 4. The molecule has 0 aromatic rings. The summed E-state index contributed by atoms with van der Waals surface area (Å²) in [7, 11) is 0. The molecule has 122 valence electrons. The van der Waals surface area contributed by atoms with Crippen molar-refractivity contribution in [2.45, 2.75) is 56.5 Å². The Kier molecular flexibility index (Phi) is 5.60. The molecule has 1 amide bonds. The quantitative estimate of drug-likeness (QED) is 0.661. The van der Waals surface area contributed by atoms with Crippen LogP contribution < -0.4 is 0 Å². The molecule has 2 aliphatic rings. The number of halogens is 4. The Labute approximate surface area is 132 Å². The first kappa shape index (κ1) is 17.1.